The van der Waals surface area contributed by atoms with E-state index in [0.29, 0.717) is 11.1 Å². The molecular weight excluding hydrogens is 250 g/mol. The first-order chi connectivity index (χ1) is 6.56. The second-order valence-corrected chi connectivity index (χ2v) is 3.73. The zero-order valence-electron chi connectivity index (χ0n) is 7.27. The van der Waals surface area contributed by atoms with Crippen molar-refractivity contribution < 1.29 is 15.0 Å². The van der Waals surface area contributed by atoms with Crippen LogP contribution < -0.4 is 5.73 Å². The monoisotopic (exact) mass is 259 g/mol. The molecule has 0 aliphatic carbocycles. The first kappa shape index (κ1) is 11.2. The summed E-state index contributed by atoms with van der Waals surface area (Å²) in [6.07, 6.45) is 0. The summed E-state index contributed by atoms with van der Waals surface area (Å²) >= 11 is 3.22. The molecule has 1 aromatic carbocycles. The molecule has 4 N–H and O–H groups in total. The molecule has 0 heterocycles. The summed E-state index contributed by atoms with van der Waals surface area (Å²) < 4.78 is 0.780. The van der Waals surface area contributed by atoms with Crippen LogP contribution in [0.5, 0.6) is 0 Å². The summed E-state index contributed by atoms with van der Waals surface area (Å²) in [7, 11) is 0. The van der Waals surface area contributed by atoms with Crippen molar-refractivity contribution in [1.82, 2.24) is 0 Å². The van der Waals surface area contributed by atoms with Crippen LogP contribution in [0.4, 0.5) is 0 Å². The molecule has 0 spiro atoms. The van der Waals surface area contributed by atoms with Crippen LogP contribution in [-0.4, -0.2) is 16.2 Å². The Kier molecular flexibility index (Phi) is 3.62. The van der Waals surface area contributed by atoms with Gasteiger partial charge >= 0.3 is 5.97 Å². The van der Waals surface area contributed by atoms with Gasteiger partial charge in [0.15, 0.2) is 0 Å². The van der Waals surface area contributed by atoms with E-state index in [-0.39, 0.29) is 6.61 Å². The number of halogens is 1. The van der Waals surface area contributed by atoms with E-state index in [0.717, 1.165) is 4.47 Å². The van der Waals surface area contributed by atoms with Gasteiger partial charge in [-0.05, 0) is 23.3 Å². The Morgan fingerprint density at radius 1 is 1.57 bits per heavy atom. The summed E-state index contributed by atoms with van der Waals surface area (Å²) in [6, 6.07) is 3.84. The van der Waals surface area contributed by atoms with Crippen molar-refractivity contribution in [3.8, 4) is 0 Å². The number of aliphatic carboxylic acids is 1. The topological polar surface area (TPSA) is 83.6 Å². The van der Waals surface area contributed by atoms with Gasteiger partial charge in [-0.25, -0.2) is 0 Å². The molecule has 0 bridgehead atoms. The first-order valence-corrected chi connectivity index (χ1v) is 4.73. The number of carboxylic acid groups (broad SMARTS) is 1. The van der Waals surface area contributed by atoms with Crippen molar-refractivity contribution in [1.29, 1.82) is 0 Å². The Balaban J connectivity index is 3.13. The molecule has 1 atom stereocenters. The highest BCUT2D eigenvalue weighted by Crippen LogP contribution is 2.21. The van der Waals surface area contributed by atoms with Crippen LogP contribution in [-0.2, 0) is 11.4 Å². The third-order valence-electron chi connectivity index (χ3n) is 1.88. The summed E-state index contributed by atoms with van der Waals surface area (Å²) in [5.41, 5.74) is 6.39. The van der Waals surface area contributed by atoms with Gasteiger partial charge in [-0.3, -0.25) is 4.79 Å². The van der Waals surface area contributed by atoms with Crippen LogP contribution in [0.2, 0.25) is 0 Å². The van der Waals surface area contributed by atoms with Gasteiger partial charge in [0.05, 0.1) is 6.61 Å². The largest absolute Gasteiger partial charge is 0.480 e. The second kappa shape index (κ2) is 4.54. The molecule has 0 aliphatic rings. The fourth-order valence-corrected chi connectivity index (χ4v) is 1.56. The Morgan fingerprint density at radius 3 is 2.71 bits per heavy atom. The van der Waals surface area contributed by atoms with E-state index in [4.69, 9.17) is 15.9 Å². The molecule has 0 saturated heterocycles. The average Bonchev–Trinajstić information content (AvgIpc) is 2.16. The number of benzene rings is 1. The maximum Gasteiger partial charge on any atom is 0.325 e. The van der Waals surface area contributed by atoms with Gasteiger partial charge in [0.2, 0.25) is 0 Å². The molecule has 14 heavy (non-hydrogen) atoms. The smallest absolute Gasteiger partial charge is 0.325 e. The van der Waals surface area contributed by atoms with Crippen molar-refractivity contribution in [3.05, 3.63) is 33.8 Å². The lowest BCUT2D eigenvalue weighted by atomic mass is 10.0. The third kappa shape index (κ3) is 2.31. The van der Waals surface area contributed by atoms with Crippen LogP contribution in [0.1, 0.15) is 17.2 Å². The predicted molar refractivity (Wildman–Crippen MR) is 54.6 cm³/mol. The summed E-state index contributed by atoms with van der Waals surface area (Å²) in [6.45, 7) is -0.226. The van der Waals surface area contributed by atoms with E-state index in [2.05, 4.69) is 15.9 Å². The summed E-state index contributed by atoms with van der Waals surface area (Å²) in [5, 5.41) is 17.7. The number of hydrogen-bond donors (Lipinski definition) is 3. The Labute approximate surface area is 89.5 Å². The lowest BCUT2D eigenvalue weighted by Crippen LogP contribution is -2.22. The predicted octanol–water partition coefficient (Wildman–Crippen LogP) is 1.03. The van der Waals surface area contributed by atoms with Gasteiger partial charge < -0.3 is 15.9 Å². The second-order valence-electron chi connectivity index (χ2n) is 2.82. The lowest BCUT2D eigenvalue weighted by molar-refractivity contribution is -0.138. The van der Waals surface area contributed by atoms with Crippen LogP contribution in [0.3, 0.4) is 0 Å². The number of aliphatic hydroxyl groups excluding tert-OH is 1. The maximum atomic E-state index is 10.6. The quantitative estimate of drug-likeness (QED) is 0.757. The van der Waals surface area contributed by atoms with E-state index in [1.807, 2.05) is 0 Å². The highest BCUT2D eigenvalue weighted by atomic mass is 79.9. The molecule has 0 amide bonds. The number of aliphatic hydroxyl groups is 1. The Morgan fingerprint density at radius 2 is 2.21 bits per heavy atom. The van der Waals surface area contributed by atoms with Gasteiger partial charge in [-0.15, -0.1) is 0 Å². The standard InChI is InChI=1S/C9H10BrNO3/c10-6-1-2-7(5(3-6)4-12)8(11)9(13)14/h1-3,8,12H,4,11H2,(H,13,14)/t8-/m0/s1. The van der Waals surface area contributed by atoms with Crippen molar-refractivity contribution in [2.75, 3.05) is 0 Å². The van der Waals surface area contributed by atoms with Crippen LogP contribution in [0.15, 0.2) is 22.7 Å². The normalized spacial score (nSPS) is 12.5. The van der Waals surface area contributed by atoms with Gasteiger partial charge in [0, 0.05) is 4.47 Å². The van der Waals surface area contributed by atoms with Crippen molar-refractivity contribution >= 4 is 21.9 Å². The fraction of sp³-hybridized carbons (Fsp3) is 0.222. The summed E-state index contributed by atoms with van der Waals surface area (Å²) in [4.78, 5) is 10.6. The molecule has 1 aromatic rings. The van der Waals surface area contributed by atoms with E-state index in [1.165, 1.54) is 0 Å². The molecule has 0 saturated carbocycles. The van der Waals surface area contributed by atoms with E-state index in [1.54, 1.807) is 18.2 Å². The van der Waals surface area contributed by atoms with E-state index >= 15 is 0 Å². The van der Waals surface area contributed by atoms with Crippen molar-refractivity contribution in [2.45, 2.75) is 12.6 Å². The van der Waals surface area contributed by atoms with E-state index < -0.39 is 12.0 Å². The maximum absolute atomic E-state index is 10.6. The molecular formula is C9H10BrNO3. The number of carboxylic acids is 1. The zero-order valence-corrected chi connectivity index (χ0v) is 8.86. The summed E-state index contributed by atoms with van der Waals surface area (Å²) in [5.74, 6) is -1.11. The first-order valence-electron chi connectivity index (χ1n) is 3.94. The van der Waals surface area contributed by atoms with Crippen molar-refractivity contribution in [3.63, 3.8) is 0 Å². The molecule has 1 rings (SSSR count). The van der Waals surface area contributed by atoms with Crippen LogP contribution in [0, 0.1) is 0 Å². The molecule has 0 aliphatic heterocycles. The minimum absolute atomic E-state index is 0.226. The molecule has 5 heteroatoms. The fourth-order valence-electron chi connectivity index (χ4n) is 1.15. The van der Waals surface area contributed by atoms with E-state index in [9.17, 15) is 4.79 Å². The van der Waals surface area contributed by atoms with Crippen LogP contribution in [0.25, 0.3) is 0 Å². The van der Waals surface area contributed by atoms with Gasteiger partial charge in [0.1, 0.15) is 6.04 Å². The van der Waals surface area contributed by atoms with Gasteiger partial charge in [0.25, 0.3) is 0 Å². The number of hydrogen-bond acceptors (Lipinski definition) is 3. The molecule has 76 valence electrons. The molecule has 0 aromatic heterocycles. The van der Waals surface area contributed by atoms with Gasteiger partial charge in [-0.2, -0.15) is 0 Å². The molecule has 4 nitrogen and oxygen atoms in total. The minimum Gasteiger partial charge on any atom is -0.480 e. The molecule has 0 unspecified atom stereocenters. The molecule has 0 fully saturated rings. The highest BCUT2D eigenvalue weighted by molar-refractivity contribution is 9.10. The lowest BCUT2D eigenvalue weighted by Gasteiger charge is -2.11. The molecule has 0 radical (unpaired) electrons. The zero-order chi connectivity index (χ0) is 10.7. The Bertz CT molecular complexity index is 354. The average molecular weight is 260 g/mol. The van der Waals surface area contributed by atoms with Crippen molar-refractivity contribution in [2.24, 2.45) is 5.73 Å². The third-order valence-corrected chi connectivity index (χ3v) is 2.37. The van der Waals surface area contributed by atoms with Gasteiger partial charge in [-0.1, -0.05) is 22.0 Å². The number of rotatable bonds is 3. The Hall–Kier alpha value is -0.910. The number of nitrogens with two attached hydrogens (primary N) is 1. The number of carbonyl (C=O) groups is 1. The highest BCUT2D eigenvalue weighted by Gasteiger charge is 2.17. The van der Waals surface area contributed by atoms with Crippen LogP contribution >= 0.6 is 15.9 Å². The minimum atomic E-state index is -1.11. The SMILES string of the molecule is N[C@H](C(=O)O)c1ccc(Br)cc1CO.